The Labute approximate surface area is 169 Å². The molecule has 27 heavy (non-hydrogen) atoms. The molecule has 10 heteroatoms. The van der Waals surface area contributed by atoms with Gasteiger partial charge >= 0.3 is 0 Å². The van der Waals surface area contributed by atoms with Crippen LogP contribution in [0.5, 0.6) is 0 Å². The van der Waals surface area contributed by atoms with E-state index in [0.29, 0.717) is 13.2 Å². The van der Waals surface area contributed by atoms with E-state index in [0.717, 1.165) is 61.8 Å². The number of fused-ring (bicyclic) bond motifs is 1. The maximum absolute atomic E-state index is 12.1. The lowest BCUT2D eigenvalue weighted by Crippen LogP contribution is -2.47. The molecule has 0 saturated carbocycles. The average molecular weight is 430 g/mol. The third kappa shape index (κ3) is 4.38. The molecule has 4 heterocycles. The highest BCUT2D eigenvalue weighted by Gasteiger charge is 2.23. The molecule has 148 valence electrons. The monoisotopic (exact) mass is 429 g/mol. The number of halogens is 1. The molecule has 0 aliphatic carbocycles. The molecule has 7 nitrogen and oxygen atoms in total. The van der Waals surface area contributed by atoms with Crippen molar-refractivity contribution in [3.63, 3.8) is 0 Å². The summed E-state index contributed by atoms with van der Waals surface area (Å²) in [4.78, 5) is 14.8. The van der Waals surface area contributed by atoms with Crippen molar-refractivity contribution in [2.45, 2.75) is 6.54 Å². The van der Waals surface area contributed by atoms with Crippen LogP contribution in [0.3, 0.4) is 0 Å². The Kier molecular flexibility index (Phi) is 5.59. The predicted molar refractivity (Wildman–Crippen MR) is 113 cm³/mol. The van der Waals surface area contributed by atoms with Gasteiger partial charge in [0.1, 0.15) is 0 Å². The van der Waals surface area contributed by atoms with Gasteiger partial charge in [0.25, 0.3) is 0 Å². The normalized spacial score (nSPS) is 22.2. The van der Waals surface area contributed by atoms with E-state index >= 15 is 0 Å². The van der Waals surface area contributed by atoms with E-state index in [1.165, 1.54) is 4.88 Å². The van der Waals surface area contributed by atoms with Gasteiger partial charge < -0.3 is 9.64 Å². The molecule has 1 atom stereocenters. The SMILES string of the molecule is C=S(C)(=O)N1CCN(Cc2cc3nc(Cl)nc(N4CCOCC4)c3s2)CC1. The fourth-order valence-corrected chi connectivity index (χ4v) is 5.76. The van der Waals surface area contributed by atoms with Gasteiger partial charge in [-0.05, 0) is 23.5 Å². The number of piperazine rings is 1. The maximum Gasteiger partial charge on any atom is 0.224 e. The minimum atomic E-state index is -2.10. The van der Waals surface area contributed by atoms with E-state index in [1.54, 1.807) is 17.6 Å². The lowest BCUT2D eigenvalue weighted by Gasteiger charge is -2.34. The summed E-state index contributed by atoms with van der Waals surface area (Å²) in [6.07, 6.45) is 1.71. The molecule has 0 bridgehead atoms. The second-order valence-electron chi connectivity index (χ2n) is 7.01. The molecule has 2 fully saturated rings. The van der Waals surface area contributed by atoms with Crippen molar-refractivity contribution in [1.29, 1.82) is 0 Å². The lowest BCUT2D eigenvalue weighted by atomic mass is 10.3. The van der Waals surface area contributed by atoms with Crippen molar-refractivity contribution in [2.24, 2.45) is 0 Å². The van der Waals surface area contributed by atoms with E-state index in [-0.39, 0.29) is 5.28 Å². The molecule has 2 aromatic heterocycles. The maximum atomic E-state index is 12.1. The topological polar surface area (TPSA) is 61.8 Å². The van der Waals surface area contributed by atoms with Gasteiger partial charge in [-0.15, -0.1) is 11.3 Å². The van der Waals surface area contributed by atoms with Crippen LogP contribution in [0.4, 0.5) is 5.82 Å². The van der Waals surface area contributed by atoms with E-state index in [2.05, 4.69) is 31.7 Å². The van der Waals surface area contributed by atoms with E-state index < -0.39 is 9.71 Å². The van der Waals surface area contributed by atoms with Crippen molar-refractivity contribution in [2.75, 3.05) is 63.6 Å². The van der Waals surface area contributed by atoms with Crippen LogP contribution in [0.25, 0.3) is 10.2 Å². The lowest BCUT2D eigenvalue weighted by molar-refractivity contribution is 0.122. The van der Waals surface area contributed by atoms with Crippen LogP contribution in [0.15, 0.2) is 6.07 Å². The van der Waals surface area contributed by atoms with Gasteiger partial charge in [-0.25, -0.2) is 9.29 Å². The highest BCUT2D eigenvalue weighted by molar-refractivity contribution is 7.97. The standard InChI is InChI=1S/C17H24ClN5O2S2/c1-27(2,24)23-5-3-21(4-6-23)12-13-11-14-15(26-13)16(20-17(18)19-14)22-7-9-25-10-8-22/h11H,1,3-10,12H2,2H3. The number of anilines is 1. The smallest absolute Gasteiger partial charge is 0.224 e. The van der Waals surface area contributed by atoms with Gasteiger partial charge in [-0.2, -0.15) is 4.98 Å². The Morgan fingerprint density at radius 2 is 1.93 bits per heavy atom. The fraction of sp³-hybridized carbons (Fsp3) is 0.588. The Hall–Kier alpha value is -0.970. The van der Waals surface area contributed by atoms with Crippen molar-refractivity contribution in [3.8, 4) is 0 Å². The van der Waals surface area contributed by atoms with Crippen LogP contribution in [0.2, 0.25) is 5.28 Å². The summed E-state index contributed by atoms with van der Waals surface area (Å²) in [6, 6.07) is 2.12. The first kappa shape index (κ1) is 19.4. The number of thiophene rings is 1. The van der Waals surface area contributed by atoms with Gasteiger partial charge in [0.05, 0.1) is 23.4 Å². The Morgan fingerprint density at radius 1 is 1.22 bits per heavy atom. The van der Waals surface area contributed by atoms with Crippen LogP contribution in [0, 0.1) is 0 Å². The average Bonchev–Trinajstić information content (AvgIpc) is 3.03. The summed E-state index contributed by atoms with van der Waals surface area (Å²) in [5.41, 5.74) is 0.907. The zero-order chi connectivity index (χ0) is 19.0. The van der Waals surface area contributed by atoms with Crippen LogP contribution in [0.1, 0.15) is 4.88 Å². The number of hydrogen-bond acceptors (Lipinski definition) is 7. The molecule has 2 aromatic rings. The molecule has 0 aromatic carbocycles. The number of aromatic nitrogens is 2. The summed E-state index contributed by atoms with van der Waals surface area (Å²) in [7, 11) is -2.10. The van der Waals surface area contributed by atoms with Gasteiger partial charge in [-0.3, -0.25) is 9.11 Å². The van der Waals surface area contributed by atoms with Gasteiger partial charge in [0.2, 0.25) is 5.28 Å². The largest absolute Gasteiger partial charge is 0.378 e. The summed E-state index contributed by atoms with van der Waals surface area (Å²) in [5, 5.41) is 0.287. The highest BCUT2D eigenvalue weighted by atomic mass is 35.5. The van der Waals surface area contributed by atoms with Crippen LogP contribution < -0.4 is 4.90 Å². The highest BCUT2D eigenvalue weighted by Crippen LogP contribution is 2.34. The van der Waals surface area contributed by atoms with Crippen molar-refractivity contribution < 1.29 is 8.95 Å². The third-order valence-electron chi connectivity index (χ3n) is 4.94. The second kappa shape index (κ2) is 7.81. The Bertz CT molecular complexity index is 919. The van der Waals surface area contributed by atoms with Crippen molar-refractivity contribution >= 4 is 54.6 Å². The van der Waals surface area contributed by atoms with Crippen LogP contribution in [-0.2, 0) is 21.0 Å². The molecule has 4 rings (SSSR count). The van der Waals surface area contributed by atoms with Crippen molar-refractivity contribution in [3.05, 3.63) is 16.2 Å². The molecule has 1 unspecified atom stereocenters. The van der Waals surface area contributed by atoms with Gasteiger partial charge in [0.15, 0.2) is 5.82 Å². The first-order chi connectivity index (χ1) is 12.9. The molecule has 0 radical (unpaired) electrons. The molecule has 2 aliphatic heterocycles. The molecule has 2 saturated heterocycles. The minimum Gasteiger partial charge on any atom is -0.378 e. The number of hydrogen-bond donors (Lipinski definition) is 0. The Morgan fingerprint density at radius 3 is 2.59 bits per heavy atom. The third-order valence-corrected chi connectivity index (χ3v) is 7.68. The number of nitrogens with zero attached hydrogens (tertiary/aromatic N) is 5. The van der Waals surface area contributed by atoms with E-state index in [1.807, 2.05) is 4.31 Å². The molecule has 0 N–H and O–H groups in total. The number of rotatable bonds is 4. The summed E-state index contributed by atoms with van der Waals surface area (Å²) in [5.74, 6) is 4.70. The summed E-state index contributed by atoms with van der Waals surface area (Å²) in [6.45, 7) is 7.25. The first-order valence-corrected chi connectivity index (χ1v) is 12.3. The van der Waals surface area contributed by atoms with E-state index in [9.17, 15) is 4.21 Å². The van der Waals surface area contributed by atoms with Gasteiger partial charge in [0, 0.05) is 66.7 Å². The number of ether oxygens (including phenoxy) is 1. The Balaban J connectivity index is 1.52. The van der Waals surface area contributed by atoms with Crippen LogP contribution in [-0.4, -0.2) is 88.0 Å². The minimum absolute atomic E-state index is 0.287. The molecule has 0 amide bonds. The molecular formula is C17H24ClN5O2S2. The quantitative estimate of drug-likeness (QED) is 0.543. The first-order valence-electron chi connectivity index (χ1n) is 8.98. The number of morpholine rings is 1. The zero-order valence-corrected chi connectivity index (χ0v) is 17.8. The van der Waals surface area contributed by atoms with Crippen molar-refractivity contribution in [1.82, 2.24) is 19.2 Å². The zero-order valence-electron chi connectivity index (χ0n) is 15.4. The summed E-state index contributed by atoms with van der Waals surface area (Å²) >= 11 is 7.91. The second-order valence-corrected chi connectivity index (χ2v) is 10.9. The van der Waals surface area contributed by atoms with Gasteiger partial charge in [-0.1, -0.05) is 0 Å². The fourth-order valence-electron chi connectivity index (χ4n) is 3.50. The van der Waals surface area contributed by atoms with E-state index in [4.69, 9.17) is 16.3 Å². The molecule has 0 spiro atoms. The molecular weight excluding hydrogens is 406 g/mol. The predicted octanol–water partition coefficient (Wildman–Crippen LogP) is 1.56. The summed E-state index contributed by atoms with van der Waals surface area (Å²) < 4.78 is 20.6. The molecule has 2 aliphatic rings. The van der Waals surface area contributed by atoms with Crippen LogP contribution >= 0.6 is 22.9 Å².